The van der Waals surface area contributed by atoms with Crippen LogP contribution in [0.1, 0.15) is 36.2 Å². The highest BCUT2D eigenvalue weighted by molar-refractivity contribution is 9.09. The minimum Gasteiger partial charge on any atom is -0.350 e. The Labute approximate surface area is 103 Å². The number of halogens is 1. The van der Waals surface area contributed by atoms with Crippen molar-refractivity contribution in [3.8, 4) is 0 Å². The van der Waals surface area contributed by atoms with Gasteiger partial charge in [0.05, 0.1) is 6.20 Å². The molecule has 1 saturated carbocycles. The number of carbonyl (C=O) groups excluding carboxylic acids is 1. The van der Waals surface area contributed by atoms with Gasteiger partial charge in [-0.15, -0.1) is 0 Å². The van der Waals surface area contributed by atoms with Gasteiger partial charge in [-0.3, -0.25) is 4.79 Å². The van der Waals surface area contributed by atoms with Crippen molar-refractivity contribution < 1.29 is 4.79 Å². The molecule has 16 heavy (non-hydrogen) atoms. The summed E-state index contributed by atoms with van der Waals surface area (Å²) in [6, 6.07) is 0. The Hall–Kier alpha value is -0.910. The van der Waals surface area contributed by atoms with Crippen molar-refractivity contribution in [3.05, 3.63) is 11.9 Å². The van der Waals surface area contributed by atoms with E-state index < -0.39 is 0 Å². The molecule has 5 nitrogen and oxygen atoms in total. The maximum atomic E-state index is 11.7. The van der Waals surface area contributed by atoms with Crippen LogP contribution >= 0.6 is 15.9 Å². The summed E-state index contributed by atoms with van der Waals surface area (Å²) in [4.78, 5) is 11.7. The molecule has 1 aromatic rings. The number of alkyl halides is 1. The number of carbonyl (C=O) groups is 1. The minimum absolute atomic E-state index is 0.152. The first-order valence-corrected chi connectivity index (χ1v) is 6.58. The van der Waals surface area contributed by atoms with Crippen molar-refractivity contribution in [2.24, 2.45) is 5.41 Å². The summed E-state index contributed by atoms with van der Waals surface area (Å²) < 4.78 is 0. The number of hydrogen-bond donors (Lipinski definition) is 2. The molecule has 0 bridgehead atoms. The summed E-state index contributed by atoms with van der Waals surface area (Å²) in [5.41, 5.74) is 0.585. The van der Waals surface area contributed by atoms with Gasteiger partial charge in [-0.05, 0) is 18.3 Å². The van der Waals surface area contributed by atoms with Crippen LogP contribution in [0.2, 0.25) is 0 Å². The molecule has 0 radical (unpaired) electrons. The number of aromatic nitrogens is 3. The van der Waals surface area contributed by atoms with E-state index in [1.807, 2.05) is 0 Å². The van der Waals surface area contributed by atoms with E-state index in [1.54, 1.807) is 0 Å². The van der Waals surface area contributed by atoms with E-state index in [0.29, 0.717) is 12.2 Å². The van der Waals surface area contributed by atoms with Gasteiger partial charge in [0, 0.05) is 11.9 Å². The lowest BCUT2D eigenvalue weighted by atomic mass is 9.89. The predicted molar refractivity (Wildman–Crippen MR) is 63.4 cm³/mol. The lowest BCUT2D eigenvalue weighted by molar-refractivity contribution is 0.0930. The van der Waals surface area contributed by atoms with Crippen LogP contribution in [0, 0.1) is 5.41 Å². The van der Waals surface area contributed by atoms with Crippen LogP contribution in [0.15, 0.2) is 6.20 Å². The summed E-state index contributed by atoms with van der Waals surface area (Å²) in [6.45, 7) is 0.712. The number of aromatic amines is 1. The summed E-state index contributed by atoms with van der Waals surface area (Å²) in [6.07, 6.45) is 6.30. The summed E-state index contributed by atoms with van der Waals surface area (Å²) in [7, 11) is 0. The maximum Gasteiger partial charge on any atom is 0.273 e. The molecule has 0 unspecified atom stereocenters. The first-order valence-electron chi connectivity index (χ1n) is 5.46. The number of rotatable bonds is 4. The first kappa shape index (κ1) is 11.6. The van der Waals surface area contributed by atoms with Crippen molar-refractivity contribution >= 4 is 21.8 Å². The van der Waals surface area contributed by atoms with Crippen molar-refractivity contribution in [2.75, 3.05) is 11.9 Å². The Morgan fingerprint density at radius 2 is 2.31 bits per heavy atom. The van der Waals surface area contributed by atoms with Crippen molar-refractivity contribution in [2.45, 2.75) is 25.7 Å². The summed E-state index contributed by atoms with van der Waals surface area (Å²) in [5, 5.41) is 13.7. The van der Waals surface area contributed by atoms with Crippen LogP contribution in [0.25, 0.3) is 0 Å². The number of H-pyrrole nitrogens is 1. The molecule has 0 spiro atoms. The van der Waals surface area contributed by atoms with E-state index in [0.717, 1.165) is 5.33 Å². The third-order valence-electron chi connectivity index (χ3n) is 3.22. The van der Waals surface area contributed by atoms with Crippen LogP contribution in [-0.2, 0) is 0 Å². The third kappa shape index (κ3) is 2.42. The van der Waals surface area contributed by atoms with E-state index in [-0.39, 0.29) is 11.3 Å². The Morgan fingerprint density at radius 3 is 2.88 bits per heavy atom. The molecule has 2 rings (SSSR count). The second-order valence-electron chi connectivity index (χ2n) is 4.38. The highest BCUT2D eigenvalue weighted by atomic mass is 79.9. The highest BCUT2D eigenvalue weighted by Gasteiger charge is 2.33. The van der Waals surface area contributed by atoms with E-state index in [9.17, 15) is 4.79 Å². The van der Waals surface area contributed by atoms with Gasteiger partial charge in [-0.1, -0.05) is 28.8 Å². The zero-order chi connectivity index (χ0) is 11.4. The molecule has 0 aromatic carbocycles. The Balaban J connectivity index is 1.89. The molecule has 0 aliphatic heterocycles. The quantitative estimate of drug-likeness (QED) is 0.824. The van der Waals surface area contributed by atoms with Gasteiger partial charge in [-0.2, -0.15) is 15.4 Å². The first-order chi connectivity index (χ1) is 7.76. The molecule has 0 atom stereocenters. The monoisotopic (exact) mass is 286 g/mol. The number of hydrogen-bond acceptors (Lipinski definition) is 3. The largest absolute Gasteiger partial charge is 0.350 e. The topological polar surface area (TPSA) is 70.7 Å². The fourth-order valence-corrected chi connectivity index (χ4v) is 2.91. The van der Waals surface area contributed by atoms with E-state index in [2.05, 4.69) is 36.7 Å². The lowest BCUT2D eigenvalue weighted by Crippen LogP contribution is -2.37. The molecule has 1 aromatic heterocycles. The van der Waals surface area contributed by atoms with Crippen molar-refractivity contribution in [1.82, 2.24) is 20.7 Å². The molecule has 0 saturated heterocycles. The normalized spacial score (nSPS) is 18.6. The van der Waals surface area contributed by atoms with Gasteiger partial charge in [-0.25, -0.2) is 0 Å². The molecule has 1 heterocycles. The average molecular weight is 287 g/mol. The predicted octanol–water partition coefficient (Wildman–Crippen LogP) is 1.49. The smallest absolute Gasteiger partial charge is 0.273 e. The van der Waals surface area contributed by atoms with Crippen LogP contribution in [0.3, 0.4) is 0 Å². The molecule has 88 valence electrons. The van der Waals surface area contributed by atoms with Crippen LogP contribution < -0.4 is 5.32 Å². The zero-order valence-corrected chi connectivity index (χ0v) is 10.6. The molecular weight excluding hydrogens is 272 g/mol. The van der Waals surface area contributed by atoms with Gasteiger partial charge in [0.2, 0.25) is 0 Å². The second kappa shape index (κ2) is 4.95. The summed E-state index contributed by atoms with van der Waals surface area (Å²) >= 11 is 3.55. The van der Waals surface area contributed by atoms with Crippen LogP contribution in [-0.4, -0.2) is 33.2 Å². The SMILES string of the molecule is O=C(NCC1(CBr)CCCC1)c1cn[nH]n1. The molecule has 6 heteroatoms. The van der Waals surface area contributed by atoms with Gasteiger partial charge in [0.25, 0.3) is 5.91 Å². The lowest BCUT2D eigenvalue weighted by Gasteiger charge is -2.26. The molecule has 1 amide bonds. The molecule has 1 aliphatic rings. The number of nitrogens with one attached hydrogen (secondary N) is 2. The van der Waals surface area contributed by atoms with Gasteiger partial charge in [0.1, 0.15) is 0 Å². The molecule has 1 fully saturated rings. The Kier molecular flexibility index (Phi) is 3.58. The standard InChI is InChI=1S/C10H15BrN4O/c11-6-10(3-1-2-4-10)7-12-9(16)8-5-13-15-14-8/h5H,1-4,6-7H2,(H,12,16)(H,13,14,15). The second-order valence-corrected chi connectivity index (χ2v) is 4.94. The van der Waals surface area contributed by atoms with Crippen molar-refractivity contribution in [1.29, 1.82) is 0 Å². The van der Waals surface area contributed by atoms with Gasteiger partial charge in [0.15, 0.2) is 5.69 Å². The van der Waals surface area contributed by atoms with E-state index >= 15 is 0 Å². The Morgan fingerprint density at radius 1 is 1.56 bits per heavy atom. The van der Waals surface area contributed by atoms with Gasteiger partial charge >= 0.3 is 0 Å². The fourth-order valence-electron chi connectivity index (χ4n) is 2.15. The number of amides is 1. The van der Waals surface area contributed by atoms with Crippen LogP contribution in [0.4, 0.5) is 0 Å². The highest BCUT2D eigenvalue weighted by Crippen LogP contribution is 2.38. The van der Waals surface area contributed by atoms with Gasteiger partial charge < -0.3 is 5.32 Å². The van der Waals surface area contributed by atoms with E-state index in [4.69, 9.17) is 0 Å². The summed E-state index contributed by atoms with van der Waals surface area (Å²) in [5.74, 6) is -0.152. The Bertz CT molecular complexity index is 346. The molecule has 2 N–H and O–H groups in total. The average Bonchev–Trinajstić information content (AvgIpc) is 2.98. The van der Waals surface area contributed by atoms with Crippen LogP contribution in [0.5, 0.6) is 0 Å². The minimum atomic E-state index is -0.152. The number of nitrogens with zero attached hydrogens (tertiary/aromatic N) is 2. The zero-order valence-electron chi connectivity index (χ0n) is 9.00. The molecule has 1 aliphatic carbocycles. The molecular formula is C10H15BrN4O. The fraction of sp³-hybridized carbons (Fsp3) is 0.700. The maximum absolute atomic E-state index is 11.7. The van der Waals surface area contributed by atoms with E-state index in [1.165, 1.54) is 31.9 Å². The third-order valence-corrected chi connectivity index (χ3v) is 4.41. The van der Waals surface area contributed by atoms with Crippen molar-refractivity contribution in [3.63, 3.8) is 0 Å².